The van der Waals surface area contributed by atoms with Gasteiger partial charge in [-0.1, -0.05) is 24.3 Å². The van der Waals surface area contributed by atoms with Crippen molar-refractivity contribution in [2.45, 2.75) is 19.4 Å². The second-order valence-electron chi connectivity index (χ2n) is 7.67. The number of pyridine rings is 1. The maximum atomic E-state index is 13.1. The van der Waals surface area contributed by atoms with Crippen LogP contribution in [0.5, 0.6) is 0 Å². The molecule has 2 saturated heterocycles. The predicted octanol–water partition coefficient (Wildman–Crippen LogP) is 2.22. The first-order valence-electron chi connectivity index (χ1n) is 9.58. The smallest absolute Gasteiger partial charge is 0.275 e. The number of carbonyl (C=O) groups excluding carboxylic acids is 2. The normalized spacial score (nSPS) is 21.9. The minimum absolute atomic E-state index is 0.106. The highest BCUT2D eigenvalue weighted by molar-refractivity contribution is 6.05. The van der Waals surface area contributed by atoms with Gasteiger partial charge in [0.05, 0.1) is 23.2 Å². The summed E-state index contributed by atoms with van der Waals surface area (Å²) in [6, 6.07) is 13.3. The summed E-state index contributed by atoms with van der Waals surface area (Å²) >= 11 is 0. The molecule has 0 bridgehead atoms. The second-order valence-corrected chi connectivity index (χ2v) is 7.67. The van der Waals surface area contributed by atoms with Gasteiger partial charge in [-0.25, -0.2) is 0 Å². The fourth-order valence-corrected chi connectivity index (χ4v) is 4.43. The van der Waals surface area contributed by atoms with Crippen molar-refractivity contribution in [2.24, 2.45) is 5.41 Å². The monoisotopic (exact) mass is 375 g/mol. The molecular formula is C21H21N5O2. The van der Waals surface area contributed by atoms with Crippen molar-refractivity contribution >= 4 is 22.7 Å². The summed E-state index contributed by atoms with van der Waals surface area (Å²) in [4.78, 5) is 34.2. The Morgan fingerprint density at radius 1 is 1.11 bits per heavy atom. The number of carbonyl (C=O) groups is 2. The summed E-state index contributed by atoms with van der Waals surface area (Å²) in [6.45, 7) is 2.29. The number of nitrogens with zero attached hydrogens (tertiary/aromatic N) is 4. The first-order valence-corrected chi connectivity index (χ1v) is 9.58. The summed E-state index contributed by atoms with van der Waals surface area (Å²) in [5.74, 6) is 0.0330. The fraction of sp³-hybridized carbons (Fsp3) is 0.333. The van der Waals surface area contributed by atoms with E-state index >= 15 is 0 Å². The van der Waals surface area contributed by atoms with Crippen LogP contribution in [0.1, 0.15) is 29.0 Å². The van der Waals surface area contributed by atoms with Gasteiger partial charge in [0.2, 0.25) is 5.91 Å². The Bertz CT molecular complexity index is 1050. The molecule has 2 amide bonds. The van der Waals surface area contributed by atoms with E-state index in [0.29, 0.717) is 38.3 Å². The number of fused-ring (bicyclic) bond motifs is 1. The Morgan fingerprint density at radius 3 is 2.79 bits per heavy atom. The zero-order valence-electron chi connectivity index (χ0n) is 15.5. The highest BCUT2D eigenvalue weighted by Crippen LogP contribution is 2.41. The number of hydrogen-bond donors (Lipinski definition) is 1. The molecule has 142 valence electrons. The molecule has 28 heavy (non-hydrogen) atoms. The summed E-state index contributed by atoms with van der Waals surface area (Å²) in [5.41, 5.74) is 1.71. The van der Waals surface area contributed by atoms with Crippen molar-refractivity contribution in [3.8, 4) is 0 Å². The molecule has 2 aliphatic heterocycles. The summed E-state index contributed by atoms with van der Waals surface area (Å²) in [7, 11) is 0. The van der Waals surface area contributed by atoms with E-state index in [-0.39, 0.29) is 11.8 Å². The molecule has 7 heteroatoms. The summed E-state index contributed by atoms with van der Waals surface area (Å²) in [6.07, 6.45) is 3.23. The molecular weight excluding hydrogens is 354 g/mol. The molecule has 5 rings (SSSR count). The van der Waals surface area contributed by atoms with Crippen molar-refractivity contribution in [2.75, 3.05) is 19.6 Å². The number of amides is 2. The Kier molecular flexibility index (Phi) is 3.89. The molecule has 1 aromatic carbocycles. The number of benzene rings is 1. The maximum Gasteiger partial charge on any atom is 0.275 e. The minimum atomic E-state index is -0.462. The molecule has 1 unspecified atom stereocenters. The first-order chi connectivity index (χ1) is 13.7. The van der Waals surface area contributed by atoms with Crippen molar-refractivity contribution < 1.29 is 9.59 Å². The van der Waals surface area contributed by atoms with Crippen LogP contribution in [0.3, 0.4) is 0 Å². The summed E-state index contributed by atoms with van der Waals surface area (Å²) in [5, 5.41) is 7.96. The zero-order chi connectivity index (χ0) is 19.1. The minimum Gasteiger partial charge on any atom is -0.336 e. The molecule has 3 aromatic rings. The van der Waals surface area contributed by atoms with Gasteiger partial charge in [-0.15, -0.1) is 0 Å². The lowest BCUT2D eigenvalue weighted by Crippen LogP contribution is -2.38. The van der Waals surface area contributed by atoms with E-state index in [9.17, 15) is 9.59 Å². The van der Waals surface area contributed by atoms with Gasteiger partial charge in [0.1, 0.15) is 0 Å². The number of nitrogens with one attached hydrogen (secondary N) is 1. The van der Waals surface area contributed by atoms with Gasteiger partial charge in [0.15, 0.2) is 5.69 Å². The molecule has 0 radical (unpaired) electrons. The van der Waals surface area contributed by atoms with Crippen LogP contribution in [0.4, 0.5) is 0 Å². The molecule has 2 aromatic heterocycles. The number of rotatable bonds is 3. The van der Waals surface area contributed by atoms with E-state index in [1.807, 2.05) is 47.4 Å². The van der Waals surface area contributed by atoms with Gasteiger partial charge in [0, 0.05) is 31.2 Å². The SMILES string of the molecule is O=C(c1n[nH]c2ccccc12)N1CCC2(CCN(Cc3ccccn3)C2=O)C1. The van der Waals surface area contributed by atoms with Gasteiger partial charge < -0.3 is 9.80 Å². The maximum absolute atomic E-state index is 13.1. The first kappa shape index (κ1) is 16.9. The van der Waals surface area contributed by atoms with Crippen LogP contribution in [0.2, 0.25) is 0 Å². The average molecular weight is 375 g/mol. The topological polar surface area (TPSA) is 82.2 Å². The number of aromatic amines is 1. The van der Waals surface area contributed by atoms with Crippen molar-refractivity contribution in [3.05, 3.63) is 60.0 Å². The number of para-hydroxylation sites is 1. The molecule has 0 saturated carbocycles. The van der Waals surface area contributed by atoms with Crippen LogP contribution in [0.25, 0.3) is 10.9 Å². The third-order valence-electron chi connectivity index (χ3n) is 5.99. The zero-order valence-corrected chi connectivity index (χ0v) is 15.5. The van der Waals surface area contributed by atoms with E-state index < -0.39 is 5.41 Å². The molecule has 2 fully saturated rings. The Morgan fingerprint density at radius 2 is 1.93 bits per heavy atom. The second kappa shape index (κ2) is 6.44. The number of hydrogen-bond acceptors (Lipinski definition) is 4. The van der Waals surface area contributed by atoms with Crippen LogP contribution in [0.15, 0.2) is 48.7 Å². The molecule has 1 atom stereocenters. The van der Waals surface area contributed by atoms with E-state index in [0.717, 1.165) is 23.0 Å². The number of aromatic nitrogens is 3. The molecule has 0 aliphatic carbocycles. The largest absolute Gasteiger partial charge is 0.336 e. The number of likely N-dealkylation sites (tertiary alicyclic amines) is 2. The lowest BCUT2D eigenvalue weighted by molar-refractivity contribution is -0.135. The lowest BCUT2D eigenvalue weighted by Gasteiger charge is -2.23. The molecule has 2 aliphatic rings. The molecule has 1 spiro atoms. The van der Waals surface area contributed by atoms with Gasteiger partial charge in [-0.2, -0.15) is 5.10 Å². The van der Waals surface area contributed by atoms with Crippen LogP contribution >= 0.6 is 0 Å². The van der Waals surface area contributed by atoms with Crippen molar-refractivity contribution in [1.29, 1.82) is 0 Å². The Hall–Kier alpha value is -3.22. The molecule has 1 N–H and O–H groups in total. The quantitative estimate of drug-likeness (QED) is 0.761. The van der Waals surface area contributed by atoms with Crippen LogP contribution in [-0.2, 0) is 11.3 Å². The molecule has 7 nitrogen and oxygen atoms in total. The van der Waals surface area contributed by atoms with Crippen molar-refractivity contribution in [3.63, 3.8) is 0 Å². The summed E-state index contributed by atoms with van der Waals surface area (Å²) < 4.78 is 0. The van der Waals surface area contributed by atoms with E-state index in [4.69, 9.17) is 0 Å². The van der Waals surface area contributed by atoms with E-state index in [1.54, 1.807) is 11.1 Å². The van der Waals surface area contributed by atoms with Crippen molar-refractivity contribution in [1.82, 2.24) is 25.0 Å². The third kappa shape index (κ3) is 2.66. The fourth-order valence-electron chi connectivity index (χ4n) is 4.43. The predicted molar refractivity (Wildman–Crippen MR) is 103 cm³/mol. The average Bonchev–Trinajstić information content (AvgIpc) is 3.43. The van der Waals surface area contributed by atoms with E-state index in [2.05, 4.69) is 15.2 Å². The lowest BCUT2D eigenvalue weighted by atomic mass is 9.85. The Balaban J connectivity index is 1.32. The highest BCUT2D eigenvalue weighted by Gasteiger charge is 2.51. The third-order valence-corrected chi connectivity index (χ3v) is 5.99. The van der Waals surface area contributed by atoms with Crippen LogP contribution in [0, 0.1) is 5.41 Å². The van der Waals surface area contributed by atoms with Gasteiger partial charge in [-0.3, -0.25) is 19.7 Å². The van der Waals surface area contributed by atoms with Gasteiger partial charge in [-0.05, 0) is 31.0 Å². The van der Waals surface area contributed by atoms with Crippen LogP contribution < -0.4 is 0 Å². The standard InChI is InChI=1S/C21H21N5O2/c27-19(18-16-6-1-2-7-17(16)23-24-18)26-12-9-21(14-26)8-11-25(20(21)28)13-15-5-3-4-10-22-15/h1-7,10H,8-9,11-14H2,(H,23,24). The highest BCUT2D eigenvalue weighted by atomic mass is 16.2. The Labute approximate surface area is 162 Å². The molecule has 4 heterocycles. The van der Waals surface area contributed by atoms with Gasteiger partial charge >= 0.3 is 0 Å². The van der Waals surface area contributed by atoms with E-state index in [1.165, 1.54) is 0 Å². The van der Waals surface area contributed by atoms with Gasteiger partial charge in [0.25, 0.3) is 5.91 Å². The number of H-pyrrole nitrogens is 1. The van der Waals surface area contributed by atoms with Crippen LogP contribution in [-0.4, -0.2) is 56.4 Å².